The second-order valence-electron chi connectivity index (χ2n) is 4.95. The van der Waals surface area contributed by atoms with Gasteiger partial charge in [0.15, 0.2) is 0 Å². The Morgan fingerprint density at radius 2 is 1.95 bits per heavy atom. The van der Waals surface area contributed by atoms with Gasteiger partial charge in [0.05, 0.1) is 11.9 Å². The number of nitrogens with zero attached hydrogens (tertiary/aromatic N) is 4. The number of carbonyl (C=O) groups is 1. The number of unbranched alkanes of at least 4 members (excludes halogenated alkanes) is 1. The summed E-state index contributed by atoms with van der Waals surface area (Å²) < 4.78 is 25.7. The van der Waals surface area contributed by atoms with Gasteiger partial charge in [-0.15, -0.1) is 0 Å². The summed E-state index contributed by atoms with van der Waals surface area (Å²) in [7, 11) is -3.19. The normalized spacial score (nSPS) is 16.9. The number of amides is 1. The van der Waals surface area contributed by atoms with E-state index in [0.717, 1.165) is 6.42 Å². The lowest BCUT2D eigenvalue weighted by Gasteiger charge is -2.33. The SMILES string of the molecule is CCCCS(=O)(=O)N1CCN(C(=O)c2cnccn2)CC1. The van der Waals surface area contributed by atoms with E-state index in [2.05, 4.69) is 9.97 Å². The quantitative estimate of drug-likeness (QED) is 0.784. The van der Waals surface area contributed by atoms with Crippen molar-refractivity contribution in [2.45, 2.75) is 19.8 Å². The van der Waals surface area contributed by atoms with Gasteiger partial charge in [-0.2, -0.15) is 4.31 Å². The molecule has 1 amide bonds. The highest BCUT2D eigenvalue weighted by molar-refractivity contribution is 7.89. The first-order valence-corrected chi connectivity index (χ1v) is 8.68. The molecule has 7 nitrogen and oxygen atoms in total. The van der Waals surface area contributed by atoms with E-state index in [0.29, 0.717) is 38.3 Å². The van der Waals surface area contributed by atoms with Gasteiger partial charge in [0, 0.05) is 38.6 Å². The van der Waals surface area contributed by atoms with Crippen molar-refractivity contribution in [1.82, 2.24) is 19.2 Å². The average molecular weight is 312 g/mol. The molecule has 21 heavy (non-hydrogen) atoms. The van der Waals surface area contributed by atoms with Gasteiger partial charge in [-0.3, -0.25) is 9.78 Å². The molecule has 0 atom stereocenters. The van der Waals surface area contributed by atoms with Crippen LogP contribution in [0.3, 0.4) is 0 Å². The third-order valence-electron chi connectivity index (χ3n) is 3.46. The van der Waals surface area contributed by atoms with E-state index in [1.54, 1.807) is 4.90 Å². The molecule has 0 N–H and O–H groups in total. The second kappa shape index (κ2) is 6.95. The lowest BCUT2D eigenvalue weighted by molar-refractivity contribution is 0.0691. The number of hydrogen-bond acceptors (Lipinski definition) is 5. The van der Waals surface area contributed by atoms with Crippen LogP contribution in [0.1, 0.15) is 30.3 Å². The van der Waals surface area contributed by atoms with E-state index in [4.69, 9.17) is 0 Å². The number of sulfonamides is 1. The van der Waals surface area contributed by atoms with Gasteiger partial charge in [0.25, 0.3) is 5.91 Å². The van der Waals surface area contributed by atoms with Gasteiger partial charge >= 0.3 is 0 Å². The Balaban J connectivity index is 1.93. The maximum Gasteiger partial charge on any atom is 0.274 e. The van der Waals surface area contributed by atoms with Gasteiger partial charge in [0.2, 0.25) is 10.0 Å². The Hall–Kier alpha value is -1.54. The van der Waals surface area contributed by atoms with Crippen LogP contribution in [0.2, 0.25) is 0 Å². The Morgan fingerprint density at radius 1 is 1.24 bits per heavy atom. The van der Waals surface area contributed by atoms with Crippen molar-refractivity contribution < 1.29 is 13.2 Å². The molecule has 1 aromatic rings. The summed E-state index contributed by atoms with van der Waals surface area (Å²) in [5, 5.41) is 0. The zero-order valence-electron chi connectivity index (χ0n) is 12.1. The molecule has 2 rings (SSSR count). The Bertz CT molecular complexity index is 568. The third-order valence-corrected chi connectivity index (χ3v) is 5.41. The molecule has 0 unspecified atom stereocenters. The molecule has 1 aliphatic rings. The minimum absolute atomic E-state index is 0.182. The Kier molecular flexibility index (Phi) is 5.24. The van der Waals surface area contributed by atoms with E-state index >= 15 is 0 Å². The van der Waals surface area contributed by atoms with Gasteiger partial charge in [-0.1, -0.05) is 13.3 Å². The Labute approximate surface area is 125 Å². The minimum atomic E-state index is -3.19. The molecule has 0 aromatic carbocycles. The van der Waals surface area contributed by atoms with Crippen molar-refractivity contribution in [3.05, 3.63) is 24.3 Å². The van der Waals surface area contributed by atoms with Crippen molar-refractivity contribution in [1.29, 1.82) is 0 Å². The molecular formula is C13H20N4O3S. The van der Waals surface area contributed by atoms with Crippen molar-refractivity contribution in [2.24, 2.45) is 0 Å². The third kappa shape index (κ3) is 3.98. The number of carbonyl (C=O) groups excluding carboxylic acids is 1. The minimum Gasteiger partial charge on any atom is -0.335 e. The van der Waals surface area contributed by atoms with Gasteiger partial charge < -0.3 is 4.90 Å². The van der Waals surface area contributed by atoms with Gasteiger partial charge in [-0.05, 0) is 6.42 Å². The van der Waals surface area contributed by atoms with Crippen LogP contribution >= 0.6 is 0 Å². The van der Waals surface area contributed by atoms with Crippen LogP contribution in [-0.2, 0) is 10.0 Å². The lowest BCUT2D eigenvalue weighted by Crippen LogP contribution is -2.51. The zero-order chi connectivity index (χ0) is 15.3. The van der Waals surface area contributed by atoms with Gasteiger partial charge in [0.1, 0.15) is 5.69 Å². The van der Waals surface area contributed by atoms with Crippen molar-refractivity contribution in [2.75, 3.05) is 31.9 Å². The van der Waals surface area contributed by atoms with Crippen LogP contribution in [-0.4, -0.2) is 65.4 Å². The number of rotatable bonds is 5. The zero-order valence-corrected chi connectivity index (χ0v) is 12.9. The fraction of sp³-hybridized carbons (Fsp3) is 0.615. The molecule has 1 saturated heterocycles. The molecule has 2 heterocycles. The highest BCUT2D eigenvalue weighted by Crippen LogP contribution is 2.11. The molecule has 0 radical (unpaired) electrons. The van der Waals surface area contributed by atoms with Gasteiger partial charge in [-0.25, -0.2) is 13.4 Å². The fourth-order valence-corrected chi connectivity index (χ4v) is 3.83. The molecule has 1 aromatic heterocycles. The Morgan fingerprint density at radius 3 is 2.52 bits per heavy atom. The van der Waals surface area contributed by atoms with Crippen molar-refractivity contribution in [3.8, 4) is 0 Å². The number of aromatic nitrogens is 2. The standard InChI is InChI=1S/C13H20N4O3S/c1-2-3-10-21(19,20)17-8-6-16(7-9-17)13(18)12-11-14-4-5-15-12/h4-5,11H,2-3,6-10H2,1H3. The molecule has 0 bridgehead atoms. The van der Waals surface area contributed by atoms with Crippen LogP contribution in [0.4, 0.5) is 0 Å². The molecular weight excluding hydrogens is 292 g/mol. The summed E-state index contributed by atoms with van der Waals surface area (Å²) in [6, 6.07) is 0. The maximum atomic E-state index is 12.2. The van der Waals surface area contributed by atoms with Crippen LogP contribution in [0, 0.1) is 0 Å². The maximum absolute atomic E-state index is 12.2. The molecule has 0 saturated carbocycles. The average Bonchev–Trinajstić information content (AvgIpc) is 2.53. The topological polar surface area (TPSA) is 83.5 Å². The van der Waals surface area contributed by atoms with E-state index in [1.807, 2.05) is 6.92 Å². The van der Waals surface area contributed by atoms with E-state index in [1.165, 1.54) is 22.9 Å². The molecule has 116 valence electrons. The van der Waals surface area contributed by atoms with E-state index in [9.17, 15) is 13.2 Å². The predicted molar refractivity (Wildman–Crippen MR) is 78.2 cm³/mol. The molecule has 1 aliphatic heterocycles. The van der Waals surface area contributed by atoms with E-state index in [-0.39, 0.29) is 11.7 Å². The summed E-state index contributed by atoms with van der Waals surface area (Å²) in [4.78, 5) is 21.7. The molecule has 1 fully saturated rings. The van der Waals surface area contributed by atoms with Crippen molar-refractivity contribution in [3.63, 3.8) is 0 Å². The van der Waals surface area contributed by atoms with Crippen LogP contribution in [0.25, 0.3) is 0 Å². The molecule has 0 aliphatic carbocycles. The largest absolute Gasteiger partial charge is 0.335 e. The summed E-state index contributed by atoms with van der Waals surface area (Å²) in [6.07, 6.45) is 5.92. The fourth-order valence-electron chi connectivity index (χ4n) is 2.20. The highest BCUT2D eigenvalue weighted by atomic mass is 32.2. The summed E-state index contributed by atoms with van der Waals surface area (Å²) in [6.45, 7) is 3.44. The first-order chi connectivity index (χ1) is 10.0. The molecule has 0 spiro atoms. The summed E-state index contributed by atoms with van der Waals surface area (Å²) >= 11 is 0. The monoisotopic (exact) mass is 312 g/mol. The van der Waals surface area contributed by atoms with Crippen LogP contribution in [0.15, 0.2) is 18.6 Å². The second-order valence-corrected chi connectivity index (χ2v) is 7.04. The van der Waals surface area contributed by atoms with Crippen LogP contribution in [0.5, 0.6) is 0 Å². The smallest absolute Gasteiger partial charge is 0.274 e. The first-order valence-electron chi connectivity index (χ1n) is 7.07. The molecule has 8 heteroatoms. The first kappa shape index (κ1) is 15.8. The lowest BCUT2D eigenvalue weighted by atomic mass is 10.3. The summed E-state index contributed by atoms with van der Waals surface area (Å²) in [5.74, 6) is -0.0181. The highest BCUT2D eigenvalue weighted by Gasteiger charge is 2.29. The summed E-state index contributed by atoms with van der Waals surface area (Å²) in [5.41, 5.74) is 0.291. The van der Waals surface area contributed by atoms with Crippen LogP contribution < -0.4 is 0 Å². The number of piperazine rings is 1. The van der Waals surface area contributed by atoms with Crippen molar-refractivity contribution >= 4 is 15.9 Å². The van der Waals surface area contributed by atoms with E-state index < -0.39 is 10.0 Å². The number of hydrogen-bond donors (Lipinski definition) is 0. The predicted octanol–water partition coefficient (Wildman–Crippen LogP) is 0.364.